The lowest BCUT2D eigenvalue weighted by atomic mass is 9.99. The highest BCUT2D eigenvalue weighted by atomic mass is 31.2. The molecule has 0 spiro atoms. The molecular formula is C7H16BN2O3P. The number of aliphatic hydroxyl groups excluding tert-OH is 1. The van der Waals surface area contributed by atoms with Crippen molar-refractivity contribution in [3.05, 3.63) is 0 Å². The first-order valence-corrected chi connectivity index (χ1v) is 6.50. The Morgan fingerprint density at radius 1 is 1.57 bits per heavy atom. The number of morpholine rings is 1. The third-order valence-corrected chi connectivity index (χ3v) is 5.22. The summed E-state index contributed by atoms with van der Waals surface area (Å²) < 4.78 is 20.5. The molecule has 80 valence electrons. The zero-order chi connectivity index (χ0) is 10.9. The molecule has 1 N–H and O–H groups in total. The van der Waals surface area contributed by atoms with Crippen LogP contribution < -0.4 is 0 Å². The van der Waals surface area contributed by atoms with Crippen LogP contribution in [0.15, 0.2) is 0 Å². The molecule has 5 nitrogen and oxygen atoms in total. The largest absolute Gasteiger partial charge is 0.367 e. The molecule has 0 aromatic carbocycles. The summed E-state index contributed by atoms with van der Waals surface area (Å²) in [4.78, 5) is 0. The van der Waals surface area contributed by atoms with Gasteiger partial charge in [-0.25, -0.2) is 9.34 Å². The molecule has 3 unspecified atom stereocenters. The fraction of sp³-hybridized carbons (Fsp3) is 1.00. The molecule has 0 aliphatic carbocycles. The number of nitrogens with zero attached hydrogens (tertiary/aromatic N) is 2. The molecule has 1 saturated heterocycles. The van der Waals surface area contributed by atoms with Gasteiger partial charge < -0.3 is 9.84 Å². The highest BCUT2D eigenvalue weighted by molar-refractivity contribution is 7.58. The fourth-order valence-corrected chi connectivity index (χ4v) is 2.72. The van der Waals surface area contributed by atoms with Crippen molar-refractivity contribution in [1.29, 1.82) is 0 Å². The molecule has 1 aliphatic rings. The molecule has 0 bridgehead atoms. The first-order chi connectivity index (χ1) is 6.34. The Labute approximate surface area is 85.9 Å². The molecule has 0 aromatic rings. The number of hydrogen-bond acceptors (Lipinski definition) is 3. The van der Waals surface area contributed by atoms with Crippen molar-refractivity contribution < 1.29 is 14.4 Å². The van der Waals surface area contributed by atoms with Gasteiger partial charge in [-0.3, -0.25) is 4.57 Å². The van der Waals surface area contributed by atoms with Crippen LogP contribution in [0, 0.1) is 0 Å². The molecule has 1 aliphatic heterocycles. The van der Waals surface area contributed by atoms with Gasteiger partial charge in [0.2, 0.25) is 7.44 Å². The van der Waals surface area contributed by atoms with Crippen LogP contribution in [0.2, 0.25) is 0 Å². The van der Waals surface area contributed by atoms with Crippen molar-refractivity contribution in [1.82, 2.24) is 9.34 Å². The lowest BCUT2D eigenvalue weighted by molar-refractivity contribution is -0.146. The SMILES string of the molecule is [B]C1CN(P(C)(=O)N(C)C)CC(O)O1. The monoisotopic (exact) mass is 218 g/mol. The van der Waals surface area contributed by atoms with Crippen LogP contribution in [-0.4, -0.2) is 68.4 Å². The van der Waals surface area contributed by atoms with Crippen LogP contribution in [0.25, 0.3) is 0 Å². The molecule has 0 aromatic heterocycles. The summed E-state index contributed by atoms with van der Waals surface area (Å²) in [6, 6.07) is -0.577. The van der Waals surface area contributed by atoms with Crippen LogP contribution >= 0.6 is 7.44 Å². The molecule has 1 fully saturated rings. The number of hydrogen-bond donors (Lipinski definition) is 1. The highest BCUT2D eigenvalue weighted by Crippen LogP contribution is 2.48. The summed E-state index contributed by atoms with van der Waals surface area (Å²) in [6.07, 6.45) is -0.952. The molecule has 1 heterocycles. The van der Waals surface area contributed by atoms with E-state index in [1.165, 1.54) is 0 Å². The van der Waals surface area contributed by atoms with Gasteiger partial charge in [0.1, 0.15) is 7.85 Å². The summed E-state index contributed by atoms with van der Waals surface area (Å²) >= 11 is 0. The summed E-state index contributed by atoms with van der Waals surface area (Å²) in [5.41, 5.74) is 0. The maximum atomic E-state index is 12.2. The summed E-state index contributed by atoms with van der Waals surface area (Å²) in [6.45, 7) is 2.26. The molecule has 1 rings (SSSR count). The van der Waals surface area contributed by atoms with Crippen molar-refractivity contribution >= 4 is 15.3 Å². The molecule has 0 amide bonds. The normalized spacial score (nSPS) is 34.4. The first-order valence-electron chi connectivity index (χ1n) is 4.44. The van der Waals surface area contributed by atoms with Gasteiger partial charge in [0, 0.05) is 19.2 Å². The van der Waals surface area contributed by atoms with Gasteiger partial charge in [0.15, 0.2) is 6.29 Å². The maximum Gasteiger partial charge on any atom is 0.213 e. The minimum absolute atomic E-state index is 0.236. The highest BCUT2D eigenvalue weighted by Gasteiger charge is 2.34. The van der Waals surface area contributed by atoms with E-state index in [2.05, 4.69) is 0 Å². The Hall–Kier alpha value is 0.135. The minimum atomic E-state index is -2.57. The van der Waals surface area contributed by atoms with E-state index in [0.717, 1.165) is 0 Å². The quantitative estimate of drug-likeness (QED) is 0.501. The smallest absolute Gasteiger partial charge is 0.213 e. The summed E-state index contributed by atoms with van der Waals surface area (Å²) in [5, 5.41) is 9.31. The lowest BCUT2D eigenvalue weighted by Crippen LogP contribution is -2.47. The number of ether oxygens (including phenoxy) is 1. The Kier molecular flexibility index (Phi) is 3.78. The van der Waals surface area contributed by atoms with Gasteiger partial charge in [0.05, 0.1) is 6.54 Å². The van der Waals surface area contributed by atoms with Crippen LogP contribution in [0.3, 0.4) is 0 Å². The van der Waals surface area contributed by atoms with Crippen molar-refractivity contribution in [3.63, 3.8) is 0 Å². The fourth-order valence-electron chi connectivity index (χ4n) is 1.31. The van der Waals surface area contributed by atoms with Crippen molar-refractivity contribution in [2.24, 2.45) is 0 Å². The standard InChI is InChI=1S/C7H16BN2O3P/c1-9(2)14(3,12)10-4-6(8)13-7(11)5-10/h6-7,11H,4-5H2,1-3H3. The second-order valence-electron chi connectivity index (χ2n) is 3.68. The van der Waals surface area contributed by atoms with E-state index in [-0.39, 0.29) is 6.54 Å². The van der Waals surface area contributed by atoms with Crippen LogP contribution in [-0.2, 0) is 9.30 Å². The predicted molar refractivity (Wildman–Crippen MR) is 55.4 cm³/mol. The van der Waals surface area contributed by atoms with E-state index in [0.29, 0.717) is 6.54 Å². The van der Waals surface area contributed by atoms with E-state index in [1.807, 2.05) is 0 Å². The van der Waals surface area contributed by atoms with Crippen molar-refractivity contribution in [2.75, 3.05) is 33.8 Å². The van der Waals surface area contributed by atoms with E-state index in [4.69, 9.17) is 12.6 Å². The Morgan fingerprint density at radius 2 is 2.14 bits per heavy atom. The predicted octanol–water partition coefficient (Wildman–Crippen LogP) is -0.484. The third-order valence-electron chi connectivity index (χ3n) is 2.36. The zero-order valence-electron chi connectivity index (χ0n) is 8.75. The molecule has 7 heteroatoms. The van der Waals surface area contributed by atoms with E-state index in [9.17, 15) is 9.67 Å². The van der Waals surface area contributed by atoms with E-state index < -0.39 is 19.7 Å². The number of β-amino-alcohol motifs (C(OH)–C–C–N with tert-alkyl or cyclic N) is 1. The Morgan fingerprint density at radius 3 is 2.57 bits per heavy atom. The van der Waals surface area contributed by atoms with Gasteiger partial charge in [0.25, 0.3) is 0 Å². The lowest BCUT2D eigenvalue weighted by Gasteiger charge is -2.40. The Bertz CT molecular complexity index is 241. The number of aliphatic hydroxyl groups is 1. The van der Waals surface area contributed by atoms with E-state index >= 15 is 0 Å². The minimum Gasteiger partial charge on any atom is -0.367 e. The Balaban J connectivity index is 2.73. The second kappa shape index (κ2) is 4.33. The molecule has 14 heavy (non-hydrogen) atoms. The molecule has 0 saturated carbocycles. The third kappa shape index (κ3) is 2.58. The van der Waals surface area contributed by atoms with Gasteiger partial charge >= 0.3 is 0 Å². The summed E-state index contributed by atoms with van der Waals surface area (Å²) in [7, 11) is 6.47. The van der Waals surface area contributed by atoms with Crippen LogP contribution in [0.5, 0.6) is 0 Å². The van der Waals surface area contributed by atoms with E-state index in [1.54, 1.807) is 30.1 Å². The number of rotatable bonds is 2. The average molecular weight is 218 g/mol. The van der Waals surface area contributed by atoms with Gasteiger partial charge in [-0.15, -0.1) is 0 Å². The van der Waals surface area contributed by atoms with Gasteiger partial charge in [-0.1, -0.05) is 0 Å². The molecule has 3 atom stereocenters. The van der Waals surface area contributed by atoms with Crippen molar-refractivity contribution in [2.45, 2.75) is 12.3 Å². The van der Waals surface area contributed by atoms with Crippen LogP contribution in [0.4, 0.5) is 0 Å². The van der Waals surface area contributed by atoms with Crippen molar-refractivity contribution in [3.8, 4) is 0 Å². The second-order valence-corrected chi connectivity index (χ2v) is 6.72. The maximum absolute atomic E-state index is 12.2. The summed E-state index contributed by atoms with van der Waals surface area (Å²) in [5.74, 6) is 0. The molecular weight excluding hydrogens is 202 g/mol. The zero-order valence-corrected chi connectivity index (χ0v) is 9.65. The van der Waals surface area contributed by atoms with Crippen LogP contribution in [0.1, 0.15) is 0 Å². The topological polar surface area (TPSA) is 53.0 Å². The van der Waals surface area contributed by atoms with Gasteiger partial charge in [-0.05, 0) is 14.1 Å². The molecule has 2 radical (unpaired) electrons. The van der Waals surface area contributed by atoms with Gasteiger partial charge in [-0.2, -0.15) is 0 Å². The average Bonchev–Trinajstić information content (AvgIpc) is 2.01. The first kappa shape index (κ1) is 12.2.